The van der Waals surface area contributed by atoms with E-state index in [4.69, 9.17) is 0 Å². The molecule has 0 saturated heterocycles. The number of carbonyl (C=O) groups is 1. The number of amides is 1. The van der Waals surface area contributed by atoms with Gasteiger partial charge in [0.15, 0.2) is 5.16 Å². The van der Waals surface area contributed by atoms with Gasteiger partial charge in [0.25, 0.3) is 0 Å². The summed E-state index contributed by atoms with van der Waals surface area (Å²) >= 11 is 1.24. The van der Waals surface area contributed by atoms with E-state index in [1.807, 2.05) is 42.0 Å². The summed E-state index contributed by atoms with van der Waals surface area (Å²) in [4.78, 5) is 16.6. The van der Waals surface area contributed by atoms with Gasteiger partial charge in [0.1, 0.15) is 11.6 Å². The minimum absolute atomic E-state index is 0.176. The first-order valence-electron chi connectivity index (χ1n) is 7.97. The van der Waals surface area contributed by atoms with E-state index in [2.05, 4.69) is 10.3 Å². The molecule has 1 atom stereocenters. The summed E-state index contributed by atoms with van der Waals surface area (Å²) < 4.78 is 28.8. The first kappa shape index (κ1) is 18.1. The lowest BCUT2D eigenvalue weighted by molar-refractivity contribution is -0.115. The lowest BCUT2D eigenvalue weighted by Crippen LogP contribution is -2.23. The molecule has 1 amide bonds. The Morgan fingerprint density at radius 3 is 2.81 bits per heavy atom. The van der Waals surface area contributed by atoms with Crippen LogP contribution >= 0.6 is 11.8 Å². The second-order valence-electron chi connectivity index (χ2n) is 5.79. The fourth-order valence-electron chi connectivity index (χ4n) is 2.39. The third kappa shape index (κ3) is 4.11. The van der Waals surface area contributed by atoms with Crippen LogP contribution in [0.1, 0.15) is 12.5 Å². The molecule has 26 heavy (non-hydrogen) atoms. The van der Waals surface area contributed by atoms with Gasteiger partial charge in [-0.25, -0.2) is 13.8 Å². The van der Waals surface area contributed by atoms with Crippen molar-refractivity contribution in [2.75, 3.05) is 5.32 Å². The van der Waals surface area contributed by atoms with E-state index >= 15 is 0 Å². The van der Waals surface area contributed by atoms with Crippen molar-refractivity contribution in [2.45, 2.75) is 24.3 Å². The maximum Gasteiger partial charge on any atom is 0.237 e. The Kier molecular flexibility index (Phi) is 5.37. The van der Waals surface area contributed by atoms with Gasteiger partial charge in [-0.05, 0) is 43.7 Å². The summed E-state index contributed by atoms with van der Waals surface area (Å²) in [7, 11) is 0. The van der Waals surface area contributed by atoms with Gasteiger partial charge in [-0.3, -0.25) is 9.36 Å². The Bertz CT molecular complexity index is 942. The Morgan fingerprint density at radius 1 is 1.23 bits per heavy atom. The lowest BCUT2D eigenvalue weighted by atomic mass is 10.2. The second-order valence-corrected chi connectivity index (χ2v) is 7.10. The topological polar surface area (TPSA) is 46.9 Å². The van der Waals surface area contributed by atoms with Crippen molar-refractivity contribution in [1.29, 1.82) is 0 Å². The number of thioether (sulfide) groups is 1. The summed E-state index contributed by atoms with van der Waals surface area (Å²) in [5.41, 5.74) is 1.87. The molecule has 4 nitrogen and oxygen atoms in total. The van der Waals surface area contributed by atoms with Crippen molar-refractivity contribution in [3.05, 3.63) is 72.1 Å². The van der Waals surface area contributed by atoms with Gasteiger partial charge in [-0.2, -0.15) is 0 Å². The van der Waals surface area contributed by atoms with E-state index in [1.54, 1.807) is 13.1 Å². The molecule has 0 aliphatic heterocycles. The van der Waals surface area contributed by atoms with E-state index in [1.165, 1.54) is 11.8 Å². The van der Waals surface area contributed by atoms with Crippen molar-refractivity contribution in [2.24, 2.45) is 0 Å². The number of rotatable bonds is 5. The molecule has 3 aromatic rings. The molecule has 1 aromatic heterocycles. The zero-order valence-corrected chi connectivity index (χ0v) is 15.1. The van der Waals surface area contributed by atoms with Crippen LogP contribution in [0.2, 0.25) is 0 Å². The summed E-state index contributed by atoms with van der Waals surface area (Å²) in [6, 6.07) is 10.8. The SMILES string of the molecule is Cc1cccc(-n2ccnc2SC(C)C(=O)Nc2cc(F)ccc2F)c1. The number of aromatic nitrogens is 2. The molecule has 1 heterocycles. The van der Waals surface area contributed by atoms with Crippen LogP contribution in [0.3, 0.4) is 0 Å². The van der Waals surface area contributed by atoms with Crippen molar-refractivity contribution < 1.29 is 13.6 Å². The van der Waals surface area contributed by atoms with Gasteiger partial charge in [0, 0.05) is 24.1 Å². The Labute approximate surface area is 154 Å². The zero-order valence-electron chi connectivity index (χ0n) is 14.2. The molecule has 2 aromatic carbocycles. The molecular weight excluding hydrogens is 356 g/mol. The molecule has 134 valence electrons. The first-order chi connectivity index (χ1) is 12.4. The number of imidazole rings is 1. The Balaban J connectivity index is 1.74. The van der Waals surface area contributed by atoms with Crippen molar-refractivity contribution >= 4 is 23.4 Å². The standard InChI is InChI=1S/C19H17F2N3OS/c1-12-4-3-5-15(10-12)24-9-8-22-19(24)26-13(2)18(25)23-17-11-14(20)6-7-16(17)21/h3-11,13H,1-2H3,(H,23,25). The van der Waals surface area contributed by atoms with Crippen molar-refractivity contribution in [1.82, 2.24) is 9.55 Å². The van der Waals surface area contributed by atoms with Crippen molar-refractivity contribution in [3.63, 3.8) is 0 Å². The lowest BCUT2D eigenvalue weighted by Gasteiger charge is -2.14. The highest BCUT2D eigenvalue weighted by Gasteiger charge is 2.19. The van der Waals surface area contributed by atoms with Gasteiger partial charge >= 0.3 is 0 Å². The van der Waals surface area contributed by atoms with Gasteiger partial charge < -0.3 is 5.32 Å². The summed E-state index contributed by atoms with van der Waals surface area (Å²) in [6.07, 6.45) is 3.47. The number of nitrogens with zero attached hydrogens (tertiary/aromatic N) is 2. The molecule has 1 N–H and O–H groups in total. The maximum absolute atomic E-state index is 13.7. The maximum atomic E-state index is 13.7. The monoisotopic (exact) mass is 373 g/mol. The number of hydrogen-bond donors (Lipinski definition) is 1. The second kappa shape index (κ2) is 7.70. The van der Waals surface area contributed by atoms with Crippen LogP contribution in [0, 0.1) is 18.6 Å². The third-order valence-electron chi connectivity index (χ3n) is 3.72. The third-order valence-corrected chi connectivity index (χ3v) is 4.80. The largest absolute Gasteiger partial charge is 0.323 e. The van der Waals surface area contributed by atoms with Gasteiger partial charge in [0.2, 0.25) is 5.91 Å². The number of carbonyl (C=O) groups excluding carboxylic acids is 1. The molecule has 3 rings (SSSR count). The number of aryl methyl sites for hydroxylation is 1. The number of benzene rings is 2. The van der Waals surface area contributed by atoms with E-state index in [0.717, 1.165) is 29.4 Å². The van der Waals surface area contributed by atoms with Gasteiger partial charge in [-0.15, -0.1) is 0 Å². The molecule has 0 fully saturated rings. The molecule has 0 spiro atoms. The summed E-state index contributed by atoms with van der Waals surface area (Å²) in [5.74, 6) is -1.73. The number of anilines is 1. The van der Waals surface area contributed by atoms with Crippen LogP contribution in [-0.4, -0.2) is 20.7 Å². The molecule has 7 heteroatoms. The normalized spacial score (nSPS) is 12.0. The number of halogens is 2. The van der Waals surface area contributed by atoms with Gasteiger partial charge in [0.05, 0.1) is 10.9 Å². The van der Waals surface area contributed by atoms with Crippen LogP contribution in [0.15, 0.2) is 60.0 Å². The Hall–Kier alpha value is -2.67. The fraction of sp³-hybridized carbons (Fsp3) is 0.158. The van der Waals surface area contributed by atoms with Crippen LogP contribution in [0.4, 0.5) is 14.5 Å². The molecule has 0 bridgehead atoms. The highest BCUT2D eigenvalue weighted by Crippen LogP contribution is 2.26. The van der Waals surface area contributed by atoms with Crippen LogP contribution < -0.4 is 5.32 Å². The summed E-state index contributed by atoms with van der Waals surface area (Å²) in [5, 5.41) is 2.50. The number of nitrogens with one attached hydrogen (secondary N) is 1. The van der Waals surface area contributed by atoms with Crippen LogP contribution in [-0.2, 0) is 4.79 Å². The predicted molar refractivity (Wildman–Crippen MR) is 98.6 cm³/mol. The molecule has 1 unspecified atom stereocenters. The predicted octanol–water partition coefficient (Wildman–Crippen LogP) is 4.58. The number of hydrogen-bond acceptors (Lipinski definition) is 3. The smallest absolute Gasteiger partial charge is 0.237 e. The molecule has 0 saturated carbocycles. The zero-order chi connectivity index (χ0) is 18.7. The molecule has 0 aliphatic rings. The highest BCUT2D eigenvalue weighted by molar-refractivity contribution is 8.00. The average molecular weight is 373 g/mol. The molecular formula is C19H17F2N3OS. The average Bonchev–Trinajstić information content (AvgIpc) is 3.06. The van der Waals surface area contributed by atoms with E-state index in [-0.39, 0.29) is 5.69 Å². The minimum Gasteiger partial charge on any atom is -0.323 e. The highest BCUT2D eigenvalue weighted by atomic mass is 32.2. The minimum atomic E-state index is -0.682. The molecule has 0 radical (unpaired) electrons. The van der Waals surface area contributed by atoms with Crippen molar-refractivity contribution in [3.8, 4) is 5.69 Å². The van der Waals surface area contributed by atoms with E-state index < -0.39 is 22.8 Å². The van der Waals surface area contributed by atoms with Crippen LogP contribution in [0.25, 0.3) is 5.69 Å². The van der Waals surface area contributed by atoms with E-state index in [0.29, 0.717) is 5.16 Å². The van der Waals surface area contributed by atoms with Gasteiger partial charge in [-0.1, -0.05) is 23.9 Å². The summed E-state index contributed by atoms with van der Waals surface area (Å²) in [6.45, 7) is 3.68. The van der Waals surface area contributed by atoms with Crippen LogP contribution in [0.5, 0.6) is 0 Å². The first-order valence-corrected chi connectivity index (χ1v) is 8.85. The Morgan fingerprint density at radius 2 is 2.04 bits per heavy atom. The molecule has 0 aliphatic carbocycles. The van der Waals surface area contributed by atoms with E-state index in [9.17, 15) is 13.6 Å². The fourth-order valence-corrected chi connectivity index (χ4v) is 3.27. The quantitative estimate of drug-likeness (QED) is 0.666.